The molecule has 0 amide bonds. The molecule has 87 valence electrons. The third-order valence-corrected chi connectivity index (χ3v) is 3.21. The lowest BCUT2D eigenvalue weighted by Crippen LogP contribution is -1.81. The van der Waals surface area contributed by atoms with Gasteiger partial charge in [-0.1, -0.05) is 55.5 Å². The lowest BCUT2D eigenvalue weighted by Gasteiger charge is -2.05. The first-order valence-corrected chi connectivity index (χ1v) is 6.38. The summed E-state index contributed by atoms with van der Waals surface area (Å²) in [5.74, 6) is 0. The fraction of sp³-hybridized carbons (Fsp3) is 0.111. The van der Waals surface area contributed by atoms with Crippen LogP contribution in [0.4, 0.5) is 0 Å². The number of hydrogen-bond acceptors (Lipinski definition) is 0. The highest BCUT2D eigenvalue weighted by atomic mass is 14.0. The molecule has 3 aromatic carbocycles. The SMILES string of the molecule is CC/C=[C]\c1cccc2cc3ccccc3cc12. The molecule has 0 atom stereocenters. The van der Waals surface area contributed by atoms with E-state index in [2.05, 4.69) is 73.7 Å². The Morgan fingerprint density at radius 1 is 0.889 bits per heavy atom. The van der Waals surface area contributed by atoms with Crippen LogP contribution in [0.3, 0.4) is 0 Å². The van der Waals surface area contributed by atoms with Crippen LogP contribution in [-0.2, 0) is 0 Å². The summed E-state index contributed by atoms with van der Waals surface area (Å²) in [4.78, 5) is 0. The minimum absolute atomic E-state index is 1.02. The summed E-state index contributed by atoms with van der Waals surface area (Å²) in [6, 6.07) is 19.4. The van der Waals surface area contributed by atoms with Crippen LogP contribution in [0.2, 0.25) is 0 Å². The highest BCUT2D eigenvalue weighted by Crippen LogP contribution is 2.25. The molecular weight excluding hydrogens is 216 g/mol. The molecule has 0 spiro atoms. The molecule has 0 aliphatic rings. The van der Waals surface area contributed by atoms with Crippen molar-refractivity contribution in [1.29, 1.82) is 0 Å². The quantitative estimate of drug-likeness (QED) is 0.537. The first kappa shape index (κ1) is 11.0. The Morgan fingerprint density at radius 3 is 2.39 bits per heavy atom. The Kier molecular flexibility index (Phi) is 2.85. The van der Waals surface area contributed by atoms with Gasteiger partial charge in [0.2, 0.25) is 0 Å². The van der Waals surface area contributed by atoms with Crippen molar-refractivity contribution >= 4 is 21.5 Å². The van der Waals surface area contributed by atoms with Crippen molar-refractivity contribution in [2.24, 2.45) is 0 Å². The molecule has 0 heteroatoms. The zero-order valence-corrected chi connectivity index (χ0v) is 10.5. The van der Waals surface area contributed by atoms with Gasteiger partial charge in [0, 0.05) is 0 Å². The molecule has 0 saturated heterocycles. The molecule has 0 saturated carbocycles. The molecular formula is C18H15. The topological polar surface area (TPSA) is 0 Å². The average Bonchev–Trinajstić information content (AvgIpc) is 2.43. The van der Waals surface area contributed by atoms with E-state index >= 15 is 0 Å². The second kappa shape index (κ2) is 4.66. The fourth-order valence-corrected chi connectivity index (χ4v) is 2.30. The zero-order valence-electron chi connectivity index (χ0n) is 10.5. The summed E-state index contributed by atoms with van der Waals surface area (Å²) in [6.45, 7) is 2.13. The maximum absolute atomic E-state index is 3.38. The van der Waals surface area contributed by atoms with Crippen LogP contribution in [0.15, 0.2) is 60.7 Å². The first-order chi connectivity index (χ1) is 8.88. The van der Waals surface area contributed by atoms with E-state index in [1.165, 1.54) is 27.1 Å². The predicted octanol–water partition coefficient (Wildman–Crippen LogP) is 5.11. The molecule has 0 aliphatic carbocycles. The zero-order chi connectivity index (χ0) is 12.4. The van der Waals surface area contributed by atoms with E-state index in [1.807, 2.05) is 0 Å². The first-order valence-electron chi connectivity index (χ1n) is 6.38. The molecule has 0 fully saturated rings. The molecule has 0 unspecified atom stereocenters. The maximum Gasteiger partial charge on any atom is -0.00989 e. The second-order valence-electron chi connectivity index (χ2n) is 4.48. The Labute approximate surface area is 108 Å². The van der Waals surface area contributed by atoms with Crippen molar-refractivity contribution in [2.75, 3.05) is 0 Å². The van der Waals surface area contributed by atoms with Gasteiger partial charge in [-0.2, -0.15) is 0 Å². The van der Waals surface area contributed by atoms with E-state index in [-0.39, 0.29) is 0 Å². The van der Waals surface area contributed by atoms with Gasteiger partial charge in [0.1, 0.15) is 0 Å². The third kappa shape index (κ3) is 1.91. The Morgan fingerprint density at radius 2 is 1.61 bits per heavy atom. The highest BCUT2D eigenvalue weighted by molar-refractivity contribution is 5.99. The Bertz CT molecular complexity index is 720. The van der Waals surface area contributed by atoms with Crippen LogP contribution in [-0.4, -0.2) is 0 Å². The number of allylic oxidation sites excluding steroid dienone is 1. The Hall–Kier alpha value is -2.08. The predicted molar refractivity (Wildman–Crippen MR) is 78.7 cm³/mol. The summed E-state index contributed by atoms with van der Waals surface area (Å²) < 4.78 is 0. The van der Waals surface area contributed by atoms with Gasteiger partial charge in [0.05, 0.1) is 0 Å². The van der Waals surface area contributed by atoms with Gasteiger partial charge < -0.3 is 0 Å². The van der Waals surface area contributed by atoms with Crippen LogP contribution in [0.25, 0.3) is 21.5 Å². The standard InChI is InChI=1S/C18H15/c1-2-3-7-14-10-6-11-17-12-15-8-4-5-9-16(15)13-18(14)17/h3-6,8-13H,2H2,1H3. The van der Waals surface area contributed by atoms with Gasteiger partial charge in [-0.3, -0.25) is 0 Å². The van der Waals surface area contributed by atoms with Gasteiger partial charge in [0.25, 0.3) is 0 Å². The van der Waals surface area contributed by atoms with E-state index in [1.54, 1.807) is 0 Å². The van der Waals surface area contributed by atoms with Crippen LogP contribution in [0.5, 0.6) is 0 Å². The molecule has 0 nitrogen and oxygen atoms in total. The number of hydrogen-bond donors (Lipinski definition) is 0. The minimum atomic E-state index is 1.02. The molecule has 0 bridgehead atoms. The monoisotopic (exact) mass is 231 g/mol. The van der Waals surface area contributed by atoms with Crippen molar-refractivity contribution in [3.63, 3.8) is 0 Å². The molecule has 1 radical (unpaired) electrons. The van der Waals surface area contributed by atoms with E-state index in [0.29, 0.717) is 0 Å². The van der Waals surface area contributed by atoms with E-state index < -0.39 is 0 Å². The molecule has 0 aliphatic heterocycles. The highest BCUT2D eigenvalue weighted by Gasteiger charge is 2.00. The summed E-state index contributed by atoms with van der Waals surface area (Å²) in [7, 11) is 0. The van der Waals surface area contributed by atoms with E-state index in [9.17, 15) is 0 Å². The second-order valence-corrected chi connectivity index (χ2v) is 4.48. The molecule has 0 heterocycles. The van der Waals surface area contributed by atoms with Gasteiger partial charge in [-0.25, -0.2) is 0 Å². The van der Waals surface area contributed by atoms with E-state index in [0.717, 1.165) is 6.42 Å². The largest absolute Gasteiger partial charge is 0.0763 e. The molecule has 0 N–H and O–H groups in total. The van der Waals surface area contributed by atoms with E-state index in [4.69, 9.17) is 0 Å². The lowest BCUT2D eigenvalue weighted by molar-refractivity contribution is 1.21. The fourth-order valence-electron chi connectivity index (χ4n) is 2.30. The third-order valence-electron chi connectivity index (χ3n) is 3.21. The minimum Gasteiger partial charge on any atom is -0.0763 e. The van der Waals surface area contributed by atoms with Crippen molar-refractivity contribution in [1.82, 2.24) is 0 Å². The van der Waals surface area contributed by atoms with Crippen LogP contribution in [0, 0.1) is 6.08 Å². The summed E-state index contributed by atoms with van der Waals surface area (Å²) in [6.07, 6.45) is 6.48. The molecule has 0 aromatic heterocycles. The summed E-state index contributed by atoms with van der Waals surface area (Å²) >= 11 is 0. The number of fused-ring (bicyclic) bond motifs is 2. The maximum atomic E-state index is 3.38. The Balaban J connectivity index is 2.32. The molecule has 3 rings (SSSR count). The normalized spacial score (nSPS) is 11.6. The van der Waals surface area contributed by atoms with Gasteiger partial charge in [-0.05, 0) is 51.7 Å². The van der Waals surface area contributed by atoms with Crippen LogP contribution < -0.4 is 0 Å². The van der Waals surface area contributed by atoms with Crippen LogP contribution >= 0.6 is 0 Å². The summed E-state index contributed by atoms with van der Waals surface area (Å²) in [5, 5.41) is 5.14. The lowest BCUT2D eigenvalue weighted by atomic mass is 9.99. The number of benzene rings is 3. The van der Waals surface area contributed by atoms with Crippen molar-refractivity contribution in [3.05, 3.63) is 72.3 Å². The summed E-state index contributed by atoms with van der Waals surface area (Å²) in [5.41, 5.74) is 1.18. The number of rotatable bonds is 2. The smallest absolute Gasteiger partial charge is 0.00989 e. The van der Waals surface area contributed by atoms with Crippen LogP contribution in [0.1, 0.15) is 18.9 Å². The van der Waals surface area contributed by atoms with Crippen molar-refractivity contribution < 1.29 is 0 Å². The van der Waals surface area contributed by atoms with Crippen molar-refractivity contribution in [3.8, 4) is 0 Å². The van der Waals surface area contributed by atoms with Gasteiger partial charge in [0.15, 0.2) is 0 Å². The average molecular weight is 231 g/mol. The molecule has 3 aromatic rings. The molecule has 18 heavy (non-hydrogen) atoms. The van der Waals surface area contributed by atoms with Gasteiger partial charge >= 0.3 is 0 Å². The van der Waals surface area contributed by atoms with Gasteiger partial charge in [-0.15, -0.1) is 0 Å². The van der Waals surface area contributed by atoms with Crippen molar-refractivity contribution in [2.45, 2.75) is 13.3 Å².